The summed E-state index contributed by atoms with van der Waals surface area (Å²) in [6.07, 6.45) is -0.855. The largest absolute Gasteiger partial charge is 0.496 e. The molecule has 106 valence electrons. The van der Waals surface area contributed by atoms with Crippen LogP contribution in [0.3, 0.4) is 0 Å². The van der Waals surface area contributed by atoms with Crippen LogP contribution in [0.4, 0.5) is 0 Å². The lowest BCUT2D eigenvalue weighted by Gasteiger charge is -2.17. The predicted octanol–water partition coefficient (Wildman–Crippen LogP) is 0.0875. The van der Waals surface area contributed by atoms with E-state index < -0.39 is 12.0 Å². The number of rotatable bonds is 7. The maximum absolute atomic E-state index is 11.5. The van der Waals surface area contributed by atoms with Gasteiger partial charge in [0, 0.05) is 25.3 Å². The van der Waals surface area contributed by atoms with Gasteiger partial charge in [-0.3, -0.25) is 10.2 Å². The molecule has 7 nitrogen and oxygen atoms in total. The van der Waals surface area contributed by atoms with Gasteiger partial charge in [-0.2, -0.15) is 0 Å². The Labute approximate surface area is 111 Å². The number of nitrogens with one attached hydrogen (secondary N) is 1. The number of carbonyl (C=O) groups is 1. The highest BCUT2D eigenvalue weighted by molar-refractivity contribution is 5.80. The summed E-state index contributed by atoms with van der Waals surface area (Å²) in [7, 11) is 4.52. The van der Waals surface area contributed by atoms with E-state index in [9.17, 15) is 4.79 Å². The van der Waals surface area contributed by atoms with Crippen LogP contribution >= 0.6 is 0 Å². The Bertz CT molecular complexity index is 402. The Kier molecular flexibility index (Phi) is 5.91. The molecule has 0 aliphatic carbocycles. The molecule has 1 amide bonds. The van der Waals surface area contributed by atoms with Gasteiger partial charge >= 0.3 is 0 Å². The van der Waals surface area contributed by atoms with E-state index in [1.165, 1.54) is 21.3 Å². The second-order valence-electron chi connectivity index (χ2n) is 3.62. The highest BCUT2D eigenvalue weighted by atomic mass is 16.5. The van der Waals surface area contributed by atoms with Gasteiger partial charge < -0.3 is 18.9 Å². The molecular weight excluding hydrogens is 252 g/mol. The van der Waals surface area contributed by atoms with Crippen molar-refractivity contribution in [3.8, 4) is 17.2 Å². The smallest absolute Gasteiger partial charge is 0.277 e. The summed E-state index contributed by atoms with van der Waals surface area (Å²) in [6.45, 7) is 0.0720. The summed E-state index contributed by atoms with van der Waals surface area (Å²) in [5.41, 5.74) is 2.02. The fourth-order valence-corrected chi connectivity index (χ4v) is 1.42. The second-order valence-corrected chi connectivity index (χ2v) is 3.62. The van der Waals surface area contributed by atoms with Crippen LogP contribution in [0.5, 0.6) is 17.2 Å². The van der Waals surface area contributed by atoms with Crippen LogP contribution in [0.25, 0.3) is 0 Å². The topological polar surface area (TPSA) is 92.0 Å². The molecule has 3 N–H and O–H groups in total. The number of carbonyl (C=O) groups excluding carboxylic acids is 1. The monoisotopic (exact) mass is 270 g/mol. The van der Waals surface area contributed by atoms with Crippen molar-refractivity contribution in [3.05, 3.63) is 18.2 Å². The minimum Gasteiger partial charge on any atom is -0.496 e. The number of methoxy groups -OCH3 is 3. The standard InChI is InChI=1S/C12H18N2O5/c1-16-7-11(12(15)14-13)19-10-5-8(17-2)4-9(6-10)18-3/h4-6,11H,7,13H2,1-3H3,(H,14,15). The van der Waals surface area contributed by atoms with Crippen molar-refractivity contribution >= 4 is 5.91 Å². The average Bonchev–Trinajstić information content (AvgIpc) is 2.45. The normalized spacial score (nSPS) is 11.6. The van der Waals surface area contributed by atoms with Gasteiger partial charge in [0.2, 0.25) is 6.10 Å². The first kappa shape index (κ1) is 15.1. The van der Waals surface area contributed by atoms with Gasteiger partial charge in [-0.15, -0.1) is 0 Å². The zero-order valence-corrected chi connectivity index (χ0v) is 11.1. The Morgan fingerprint density at radius 3 is 2.11 bits per heavy atom. The van der Waals surface area contributed by atoms with Crippen LogP contribution in [-0.4, -0.2) is 39.9 Å². The lowest BCUT2D eigenvalue weighted by molar-refractivity contribution is -0.130. The molecule has 1 rings (SSSR count). The Balaban J connectivity index is 2.91. The van der Waals surface area contributed by atoms with Crippen LogP contribution in [0.1, 0.15) is 0 Å². The molecular formula is C12H18N2O5. The van der Waals surface area contributed by atoms with Gasteiger partial charge in [0.05, 0.1) is 20.8 Å². The van der Waals surface area contributed by atoms with Crippen LogP contribution in [0.2, 0.25) is 0 Å². The van der Waals surface area contributed by atoms with E-state index in [4.69, 9.17) is 24.8 Å². The number of benzene rings is 1. The number of hydrogen-bond acceptors (Lipinski definition) is 6. The van der Waals surface area contributed by atoms with Gasteiger partial charge in [-0.1, -0.05) is 0 Å². The zero-order valence-electron chi connectivity index (χ0n) is 11.1. The van der Waals surface area contributed by atoms with Crippen molar-refractivity contribution in [1.29, 1.82) is 0 Å². The van der Waals surface area contributed by atoms with Gasteiger partial charge in [0.15, 0.2) is 0 Å². The summed E-state index contributed by atoms with van der Waals surface area (Å²) >= 11 is 0. The second kappa shape index (κ2) is 7.45. The van der Waals surface area contributed by atoms with Gasteiger partial charge in [0.25, 0.3) is 5.91 Å². The number of nitrogens with two attached hydrogens (primary N) is 1. The number of ether oxygens (including phenoxy) is 4. The minimum atomic E-state index is -0.855. The molecule has 0 bridgehead atoms. The zero-order chi connectivity index (χ0) is 14.3. The lowest BCUT2D eigenvalue weighted by Crippen LogP contribution is -2.44. The van der Waals surface area contributed by atoms with Crippen LogP contribution in [0, 0.1) is 0 Å². The van der Waals surface area contributed by atoms with Crippen molar-refractivity contribution in [2.45, 2.75) is 6.10 Å². The van der Waals surface area contributed by atoms with Crippen LogP contribution in [0.15, 0.2) is 18.2 Å². The maximum atomic E-state index is 11.5. The molecule has 7 heteroatoms. The van der Waals surface area contributed by atoms with Crippen molar-refractivity contribution in [1.82, 2.24) is 5.43 Å². The quantitative estimate of drug-likeness (QED) is 0.414. The molecule has 0 aromatic heterocycles. The van der Waals surface area contributed by atoms with E-state index in [2.05, 4.69) is 0 Å². The van der Waals surface area contributed by atoms with Crippen molar-refractivity contribution in [2.24, 2.45) is 5.84 Å². The van der Waals surface area contributed by atoms with Crippen LogP contribution in [-0.2, 0) is 9.53 Å². The van der Waals surface area contributed by atoms with Crippen molar-refractivity contribution in [3.63, 3.8) is 0 Å². The highest BCUT2D eigenvalue weighted by Gasteiger charge is 2.20. The number of hydrogen-bond donors (Lipinski definition) is 2. The first-order chi connectivity index (χ1) is 9.14. The number of amides is 1. The molecule has 0 radical (unpaired) electrons. The SMILES string of the molecule is COCC(Oc1cc(OC)cc(OC)c1)C(=O)NN. The maximum Gasteiger partial charge on any atom is 0.277 e. The van der Waals surface area contributed by atoms with E-state index in [-0.39, 0.29) is 6.61 Å². The molecule has 1 atom stereocenters. The fourth-order valence-electron chi connectivity index (χ4n) is 1.42. The third-order valence-electron chi connectivity index (χ3n) is 2.36. The first-order valence-corrected chi connectivity index (χ1v) is 5.53. The first-order valence-electron chi connectivity index (χ1n) is 5.53. The van der Waals surface area contributed by atoms with Crippen LogP contribution < -0.4 is 25.5 Å². The third kappa shape index (κ3) is 4.31. The van der Waals surface area contributed by atoms with Gasteiger partial charge in [-0.25, -0.2) is 5.84 Å². The Morgan fingerprint density at radius 2 is 1.68 bits per heavy atom. The highest BCUT2D eigenvalue weighted by Crippen LogP contribution is 2.28. The molecule has 0 aliphatic rings. The molecule has 0 aliphatic heterocycles. The molecule has 0 heterocycles. The van der Waals surface area contributed by atoms with E-state index in [1.807, 2.05) is 5.43 Å². The molecule has 0 saturated carbocycles. The average molecular weight is 270 g/mol. The summed E-state index contributed by atoms with van der Waals surface area (Å²) < 4.78 is 20.6. The molecule has 0 spiro atoms. The van der Waals surface area contributed by atoms with E-state index in [0.29, 0.717) is 17.2 Å². The third-order valence-corrected chi connectivity index (χ3v) is 2.36. The Hall–Kier alpha value is -1.99. The predicted molar refractivity (Wildman–Crippen MR) is 68.2 cm³/mol. The summed E-state index contributed by atoms with van der Waals surface area (Å²) in [5.74, 6) is 6.13. The molecule has 1 aromatic carbocycles. The minimum absolute atomic E-state index is 0.0720. The molecule has 1 unspecified atom stereocenters. The van der Waals surface area contributed by atoms with E-state index in [1.54, 1.807) is 18.2 Å². The van der Waals surface area contributed by atoms with Gasteiger partial charge in [0.1, 0.15) is 17.2 Å². The Morgan fingerprint density at radius 1 is 1.16 bits per heavy atom. The van der Waals surface area contributed by atoms with E-state index in [0.717, 1.165) is 0 Å². The van der Waals surface area contributed by atoms with Gasteiger partial charge in [-0.05, 0) is 0 Å². The summed E-state index contributed by atoms with van der Waals surface area (Å²) in [4.78, 5) is 11.5. The molecule has 0 saturated heterocycles. The van der Waals surface area contributed by atoms with Crippen molar-refractivity contribution in [2.75, 3.05) is 27.9 Å². The fraction of sp³-hybridized carbons (Fsp3) is 0.417. The van der Waals surface area contributed by atoms with Crippen molar-refractivity contribution < 1.29 is 23.7 Å². The summed E-state index contributed by atoms with van der Waals surface area (Å²) in [6, 6.07) is 4.96. The molecule has 1 aromatic rings. The summed E-state index contributed by atoms with van der Waals surface area (Å²) in [5, 5.41) is 0. The lowest BCUT2D eigenvalue weighted by atomic mass is 10.3. The molecule has 19 heavy (non-hydrogen) atoms. The van der Waals surface area contributed by atoms with E-state index >= 15 is 0 Å². The number of hydrazine groups is 1. The molecule has 0 fully saturated rings.